The lowest BCUT2D eigenvalue weighted by Crippen LogP contribution is -2.48. The minimum atomic E-state index is -0.431. The van der Waals surface area contributed by atoms with Crippen LogP contribution in [0.15, 0.2) is 48.5 Å². The number of rotatable bonds is 3. The van der Waals surface area contributed by atoms with Gasteiger partial charge < -0.3 is 15.5 Å². The standard InChI is InChI=1S/C19H20FN3O2/c1-21-18(24)14-5-2-4-13(10-14)17-12-22-8-9-23(17)19(25)15-6-3-7-16(20)11-15/h2-7,10-11,17,22H,8-9,12H2,1H3,(H,21,24)/t17-/m1/s1. The van der Waals surface area contributed by atoms with Crippen LogP contribution in [0.1, 0.15) is 32.3 Å². The van der Waals surface area contributed by atoms with E-state index in [1.54, 1.807) is 36.2 Å². The number of nitrogens with one attached hydrogen (secondary N) is 2. The molecule has 130 valence electrons. The van der Waals surface area contributed by atoms with Crippen LogP contribution in [-0.2, 0) is 0 Å². The Kier molecular flexibility index (Phi) is 5.09. The van der Waals surface area contributed by atoms with E-state index in [-0.39, 0.29) is 17.9 Å². The van der Waals surface area contributed by atoms with Gasteiger partial charge in [-0.15, -0.1) is 0 Å². The summed E-state index contributed by atoms with van der Waals surface area (Å²) < 4.78 is 13.5. The zero-order valence-electron chi connectivity index (χ0n) is 14.0. The average molecular weight is 341 g/mol. The molecule has 0 aliphatic carbocycles. The summed E-state index contributed by atoms with van der Waals surface area (Å²) in [5.41, 5.74) is 1.75. The Labute approximate surface area is 145 Å². The minimum absolute atomic E-state index is 0.173. The first kappa shape index (κ1) is 17.1. The van der Waals surface area contributed by atoms with Gasteiger partial charge in [0, 0.05) is 37.8 Å². The number of nitrogens with zero attached hydrogens (tertiary/aromatic N) is 1. The Morgan fingerprint density at radius 1 is 1.16 bits per heavy atom. The van der Waals surface area contributed by atoms with Crippen molar-refractivity contribution in [2.75, 3.05) is 26.7 Å². The summed E-state index contributed by atoms with van der Waals surface area (Å²) in [6, 6.07) is 12.7. The first-order valence-electron chi connectivity index (χ1n) is 8.19. The fourth-order valence-electron chi connectivity index (χ4n) is 3.06. The van der Waals surface area contributed by atoms with Gasteiger partial charge in [0.2, 0.25) is 0 Å². The molecule has 2 aromatic carbocycles. The quantitative estimate of drug-likeness (QED) is 0.897. The summed E-state index contributed by atoms with van der Waals surface area (Å²) in [5, 5.41) is 5.88. The lowest BCUT2D eigenvalue weighted by Gasteiger charge is -2.36. The molecule has 2 aromatic rings. The fraction of sp³-hybridized carbons (Fsp3) is 0.263. The van der Waals surface area contributed by atoms with Crippen LogP contribution in [0.4, 0.5) is 4.39 Å². The molecule has 0 aromatic heterocycles. The van der Waals surface area contributed by atoms with Gasteiger partial charge in [0.25, 0.3) is 11.8 Å². The number of piperazine rings is 1. The number of carbonyl (C=O) groups is 2. The van der Waals surface area contributed by atoms with E-state index in [9.17, 15) is 14.0 Å². The third-order valence-electron chi connectivity index (χ3n) is 4.34. The molecule has 25 heavy (non-hydrogen) atoms. The monoisotopic (exact) mass is 341 g/mol. The third kappa shape index (κ3) is 3.69. The first-order chi connectivity index (χ1) is 12.1. The molecule has 1 aliphatic heterocycles. The molecule has 0 spiro atoms. The normalized spacial score (nSPS) is 17.2. The van der Waals surface area contributed by atoms with Gasteiger partial charge in [-0.05, 0) is 35.9 Å². The van der Waals surface area contributed by atoms with Crippen molar-refractivity contribution in [2.24, 2.45) is 0 Å². The van der Waals surface area contributed by atoms with Crippen LogP contribution in [0, 0.1) is 5.82 Å². The number of carbonyl (C=O) groups excluding carboxylic acids is 2. The average Bonchev–Trinajstić information content (AvgIpc) is 2.67. The summed E-state index contributed by atoms with van der Waals surface area (Å²) in [6.07, 6.45) is 0. The minimum Gasteiger partial charge on any atom is -0.355 e. The number of hydrogen-bond donors (Lipinski definition) is 2. The molecule has 2 amide bonds. The topological polar surface area (TPSA) is 61.4 Å². The van der Waals surface area contributed by atoms with Crippen LogP contribution < -0.4 is 10.6 Å². The van der Waals surface area contributed by atoms with Crippen molar-refractivity contribution in [1.29, 1.82) is 0 Å². The Bertz CT molecular complexity index is 794. The lowest BCUT2D eigenvalue weighted by atomic mass is 9.99. The molecule has 1 aliphatic rings. The van der Waals surface area contributed by atoms with E-state index in [1.165, 1.54) is 18.2 Å². The van der Waals surface area contributed by atoms with Gasteiger partial charge in [-0.1, -0.05) is 18.2 Å². The summed E-state index contributed by atoms with van der Waals surface area (Å²) in [5.74, 6) is -0.816. The second-order valence-electron chi connectivity index (χ2n) is 5.93. The molecule has 0 unspecified atom stereocenters. The van der Waals surface area contributed by atoms with Gasteiger partial charge in [0.15, 0.2) is 0 Å². The van der Waals surface area contributed by atoms with Gasteiger partial charge in [-0.3, -0.25) is 9.59 Å². The predicted octanol–water partition coefficient (Wildman–Crippen LogP) is 1.97. The van der Waals surface area contributed by atoms with Gasteiger partial charge in [0.05, 0.1) is 6.04 Å². The summed E-state index contributed by atoms with van der Waals surface area (Å²) in [7, 11) is 1.58. The van der Waals surface area contributed by atoms with E-state index in [0.29, 0.717) is 30.8 Å². The maximum Gasteiger partial charge on any atom is 0.254 e. The van der Waals surface area contributed by atoms with Crippen molar-refractivity contribution in [3.63, 3.8) is 0 Å². The molecule has 0 saturated carbocycles. The van der Waals surface area contributed by atoms with E-state index >= 15 is 0 Å². The number of halogens is 1. The molecule has 1 fully saturated rings. The molecular weight excluding hydrogens is 321 g/mol. The Morgan fingerprint density at radius 3 is 2.68 bits per heavy atom. The van der Waals surface area contributed by atoms with E-state index in [2.05, 4.69) is 10.6 Å². The van der Waals surface area contributed by atoms with Crippen LogP contribution in [0.2, 0.25) is 0 Å². The SMILES string of the molecule is CNC(=O)c1cccc([C@H]2CNCCN2C(=O)c2cccc(F)c2)c1. The Morgan fingerprint density at radius 2 is 1.92 bits per heavy atom. The lowest BCUT2D eigenvalue weighted by molar-refractivity contribution is 0.0634. The van der Waals surface area contributed by atoms with Gasteiger partial charge >= 0.3 is 0 Å². The third-order valence-corrected chi connectivity index (χ3v) is 4.34. The van der Waals surface area contributed by atoms with Crippen molar-refractivity contribution in [3.8, 4) is 0 Å². The van der Waals surface area contributed by atoms with E-state index in [0.717, 1.165) is 5.56 Å². The number of hydrogen-bond acceptors (Lipinski definition) is 3. The highest BCUT2D eigenvalue weighted by Gasteiger charge is 2.29. The zero-order valence-corrected chi connectivity index (χ0v) is 14.0. The highest BCUT2D eigenvalue weighted by atomic mass is 19.1. The van der Waals surface area contributed by atoms with Crippen LogP contribution in [0.3, 0.4) is 0 Å². The van der Waals surface area contributed by atoms with E-state index < -0.39 is 5.82 Å². The molecule has 1 atom stereocenters. The Balaban J connectivity index is 1.91. The largest absolute Gasteiger partial charge is 0.355 e. The smallest absolute Gasteiger partial charge is 0.254 e. The second-order valence-corrected chi connectivity index (χ2v) is 5.93. The van der Waals surface area contributed by atoms with Crippen LogP contribution in [0.5, 0.6) is 0 Å². The van der Waals surface area contributed by atoms with Crippen molar-refractivity contribution in [1.82, 2.24) is 15.5 Å². The molecule has 5 nitrogen and oxygen atoms in total. The van der Waals surface area contributed by atoms with E-state index in [4.69, 9.17) is 0 Å². The van der Waals surface area contributed by atoms with Gasteiger partial charge in [-0.25, -0.2) is 4.39 Å². The highest BCUT2D eigenvalue weighted by molar-refractivity contribution is 5.95. The molecule has 0 radical (unpaired) electrons. The summed E-state index contributed by atoms with van der Waals surface area (Å²) >= 11 is 0. The molecule has 1 heterocycles. The van der Waals surface area contributed by atoms with Crippen LogP contribution in [0.25, 0.3) is 0 Å². The van der Waals surface area contributed by atoms with Crippen LogP contribution in [-0.4, -0.2) is 43.4 Å². The van der Waals surface area contributed by atoms with Gasteiger partial charge in [0.1, 0.15) is 5.82 Å². The molecule has 1 saturated heterocycles. The maximum atomic E-state index is 13.5. The second kappa shape index (κ2) is 7.44. The number of amides is 2. The molecular formula is C19H20FN3O2. The summed E-state index contributed by atoms with van der Waals surface area (Å²) in [6.45, 7) is 1.77. The predicted molar refractivity (Wildman–Crippen MR) is 92.9 cm³/mol. The maximum absolute atomic E-state index is 13.5. The molecule has 3 rings (SSSR count). The number of benzene rings is 2. The molecule has 0 bridgehead atoms. The van der Waals surface area contributed by atoms with Crippen molar-refractivity contribution in [2.45, 2.75) is 6.04 Å². The Hall–Kier alpha value is -2.73. The van der Waals surface area contributed by atoms with Crippen molar-refractivity contribution in [3.05, 3.63) is 71.0 Å². The summed E-state index contributed by atoms with van der Waals surface area (Å²) in [4.78, 5) is 26.5. The molecule has 6 heteroatoms. The fourth-order valence-corrected chi connectivity index (χ4v) is 3.06. The van der Waals surface area contributed by atoms with E-state index in [1.807, 2.05) is 6.07 Å². The van der Waals surface area contributed by atoms with Crippen LogP contribution >= 0.6 is 0 Å². The van der Waals surface area contributed by atoms with Gasteiger partial charge in [-0.2, -0.15) is 0 Å². The molecule has 2 N–H and O–H groups in total. The van der Waals surface area contributed by atoms with Crippen molar-refractivity contribution < 1.29 is 14.0 Å². The zero-order chi connectivity index (χ0) is 17.8. The first-order valence-corrected chi connectivity index (χ1v) is 8.19. The van der Waals surface area contributed by atoms with Crippen molar-refractivity contribution >= 4 is 11.8 Å². The highest BCUT2D eigenvalue weighted by Crippen LogP contribution is 2.25.